The van der Waals surface area contributed by atoms with Crippen LogP contribution in [0, 0.1) is 11.8 Å². The van der Waals surface area contributed by atoms with Crippen LogP contribution in [0.3, 0.4) is 0 Å². The lowest BCUT2D eigenvalue weighted by molar-refractivity contribution is -0.282. The highest BCUT2D eigenvalue weighted by atomic mass is 17.2. The summed E-state index contributed by atoms with van der Waals surface area (Å²) in [5, 5.41) is 3.76. The Morgan fingerprint density at radius 1 is 1.24 bits per heavy atom. The average molecular weight is 471 g/mol. The maximum atomic E-state index is 13.0. The predicted molar refractivity (Wildman–Crippen MR) is 123 cm³/mol. The normalized spacial score (nSPS) is 25.6. The first-order valence-corrected chi connectivity index (χ1v) is 11.3. The highest BCUT2D eigenvalue weighted by Gasteiger charge is 2.61. The molecule has 4 rings (SSSR count). The Labute approximate surface area is 198 Å². The number of fused-ring (bicyclic) bond motifs is 1. The van der Waals surface area contributed by atoms with Gasteiger partial charge in [0.05, 0.1) is 38.6 Å². The summed E-state index contributed by atoms with van der Waals surface area (Å²) in [6.45, 7) is 3.91. The number of nitrogens with one attached hydrogen (secondary N) is 1. The maximum Gasteiger partial charge on any atom is 0.332 e. The largest absolute Gasteiger partial charge is 0.497 e. The van der Waals surface area contributed by atoms with Crippen LogP contribution in [0.1, 0.15) is 31.4 Å². The van der Waals surface area contributed by atoms with Crippen LogP contribution in [0.5, 0.6) is 11.5 Å². The van der Waals surface area contributed by atoms with E-state index < -0.39 is 11.5 Å². The number of methoxy groups -OCH3 is 2. The standard InChI is InChI=1S/C25H30N2O7/c1-5-16-13-25(16,24(29)31-3)27-23(28)15-6-7-19(10-15)34-22-11-17(14-33-32-4)26-21-12-18(30-2)8-9-20(21)22/h5,8-9,11-12,15-16,19H,1,6-7,10,13-14H2,2-4H3,(H,27,28)/t15-,16-,19?,25+/m0/s1. The van der Waals surface area contributed by atoms with Gasteiger partial charge in [-0.25, -0.2) is 19.6 Å². The monoisotopic (exact) mass is 470 g/mol. The molecule has 1 heterocycles. The number of pyridine rings is 1. The van der Waals surface area contributed by atoms with Gasteiger partial charge < -0.3 is 19.5 Å². The summed E-state index contributed by atoms with van der Waals surface area (Å²) in [6, 6.07) is 7.41. The van der Waals surface area contributed by atoms with Gasteiger partial charge >= 0.3 is 5.97 Å². The Bertz CT molecular complexity index is 1090. The van der Waals surface area contributed by atoms with Gasteiger partial charge in [-0.15, -0.1) is 6.58 Å². The molecule has 2 fully saturated rings. The smallest absolute Gasteiger partial charge is 0.332 e. The second kappa shape index (κ2) is 9.99. The minimum absolute atomic E-state index is 0.106. The molecule has 1 N–H and O–H groups in total. The molecule has 2 aliphatic rings. The van der Waals surface area contributed by atoms with E-state index in [4.69, 9.17) is 24.0 Å². The number of hydrogen-bond acceptors (Lipinski definition) is 8. The predicted octanol–water partition coefficient (Wildman–Crippen LogP) is 3.10. The number of carbonyl (C=O) groups excluding carboxylic acids is 2. The van der Waals surface area contributed by atoms with Crippen LogP contribution in [-0.4, -0.2) is 49.8 Å². The Morgan fingerprint density at radius 2 is 2.06 bits per heavy atom. The van der Waals surface area contributed by atoms with E-state index in [9.17, 15) is 9.59 Å². The van der Waals surface area contributed by atoms with E-state index >= 15 is 0 Å². The molecule has 0 spiro atoms. The van der Waals surface area contributed by atoms with Crippen LogP contribution in [0.4, 0.5) is 0 Å². The zero-order chi connectivity index (χ0) is 24.3. The van der Waals surface area contributed by atoms with Gasteiger partial charge in [-0.1, -0.05) is 6.08 Å². The van der Waals surface area contributed by atoms with Crippen LogP contribution in [0.25, 0.3) is 10.9 Å². The Hall–Kier alpha value is -3.17. The van der Waals surface area contributed by atoms with E-state index in [1.807, 2.05) is 24.3 Å². The Kier molecular flexibility index (Phi) is 7.04. The molecule has 2 aliphatic carbocycles. The summed E-state index contributed by atoms with van der Waals surface area (Å²) in [4.78, 5) is 39.6. The molecule has 1 aromatic heterocycles. The van der Waals surface area contributed by atoms with Crippen molar-refractivity contribution in [2.24, 2.45) is 11.8 Å². The molecule has 0 radical (unpaired) electrons. The van der Waals surface area contributed by atoms with Crippen LogP contribution in [-0.2, 0) is 30.7 Å². The zero-order valence-electron chi connectivity index (χ0n) is 19.7. The lowest BCUT2D eigenvalue weighted by atomic mass is 10.1. The van der Waals surface area contributed by atoms with Gasteiger partial charge in [-0.3, -0.25) is 4.79 Å². The number of esters is 1. The van der Waals surface area contributed by atoms with E-state index in [-0.39, 0.29) is 30.5 Å². The molecule has 0 saturated heterocycles. The molecule has 0 aliphatic heterocycles. The fourth-order valence-electron chi connectivity index (χ4n) is 4.62. The summed E-state index contributed by atoms with van der Waals surface area (Å²) >= 11 is 0. The summed E-state index contributed by atoms with van der Waals surface area (Å²) in [5.41, 5.74) is 0.375. The maximum absolute atomic E-state index is 13.0. The lowest BCUT2D eigenvalue weighted by Crippen LogP contribution is -2.47. The number of aromatic nitrogens is 1. The SMILES string of the molecule is C=C[C@H]1C[C@]1(NC(=O)[C@H]1CCC(Oc2cc(COOC)nc3cc(OC)ccc23)C1)C(=O)OC. The Balaban J connectivity index is 1.47. The number of hydrogen-bond donors (Lipinski definition) is 1. The van der Waals surface area contributed by atoms with Gasteiger partial charge in [0.2, 0.25) is 5.91 Å². The van der Waals surface area contributed by atoms with E-state index in [2.05, 4.69) is 16.9 Å². The van der Waals surface area contributed by atoms with E-state index in [0.717, 1.165) is 11.8 Å². The van der Waals surface area contributed by atoms with Crippen molar-refractivity contribution in [2.45, 2.75) is 43.9 Å². The van der Waals surface area contributed by atoms with Gasteiger partial charge in [0.1, 0.15) is 23.6 Å². The van der Waals surface area contributed by atoms with Gasteiger partial charge in [-0.05, 0) is 37.8 Å². The molecule has 182 valence electrons. The fraction of sp³-hybridized carbons (Fsp3) is 0.480. The van der Waals surface area contributed by atoms with Gasteiger partial charge in [0.25, 0.3) is 0 Å². The molecular formula is C25H30N2O7. The first kappa shape index (κ1) is 24.0. The molecule has 1 aromatic carbocycles. The van der Waals surface area contributed by atoms with Crippen molar-refractivity contribution in [3.8, 4) is 11.5 Å². The van der Waals surface area contributed by atoms with Crippen molar-refractivity contribution in [2.75, 3.05) is 21.3 Å². The lowest BCUT2D eigenvalue weighted by Gasteiger charge is -2.20. The molecule has 9 nitrogen and oxygen atoms in total. The second-order valence-electron chi connectivity index (χ2n) is 8.67. The number of ether oxygens (including phenoxy) is 3. The summed E-state index contributed by atoms with van der Waals surface area (Å²) in [7, 11) is 4.37. The van der Waals surface area contributed by atoms with Crippen molar-refractivity contribution in [3.05, 3.63) is 42.6 Å². The van der Waals surface area contributed by atoms with Crippen molar-refractivity contribution < 1.29 is 33.6 Å². The van der Waals surface area contributed by atoms with Crippen molar-refractivity contribution in [1.82, 2.24) is 10.3 Å². The van der Waals surface area contributed by atoms with Gasteiger partial charge in [-0.2, -0.15) is 0 Å². The molecule has 4 atom stereocenters. The molecule has 0 bridgehead atoms. The Morgan fingerprint density at radius 3 is 2.74 bits per heavy atom. The molecule has 2 aromatic rings. The third kappa shape index (κ3) is 4.71. The highest BCUT2D eigenvalue weighted by molar-refractivity contribution is 5.92. The van der Waals surface area contributed by atoms with Crippen LogP contribution in [0.2, 0.25) is 0 Å². The van der Waals surface area contributed by atoms with E-state index in [1.54, 1.807) is 13.2 Å². The zero-order valence-corrected chi connectivity index (χ0v) is 19.7. The number of rotatable bonds is 10. The molecular weight excluding hydrogens is 440 g/mol. The van der Waals surface area contributed by atoms with Crippen LogP contribution >= 0.6 is 0 Å². The van der Waals surface area contributed by atoms with Gasteiger partial charge in [0, 0.05) is 29.4 Å². The molecule has 1 unspecified atom stereocenters. The topological polar surface area (TPSA) is 105 Å². The van der Waals surface area contributed by atoms with Crippen molar-refractivity contribution in [3.63, 3.8) is 0 Å². The van der Waals surface area contributed by atoms with Gasteiger partial charge in [0.15, 0.2) is 0 Å². The first-order chi connectivity index (χ1) is 16.4. The minimum atomic E-state index is -0.983. The second-order valence-corrected chi connectivity index (χ2v) is 8.67. The molecule has 1 amide bonds. The van der Waals surface area contributed by atoms with Crippen molar-refractivity contribution in [1.29, 1.82) is 0 Å². The van der Waals surface area contributed by atoms with Crippen LogP contribution < -0.4 is 14.8 Å². The third-order valence-corrected chi connectivity index (χ3v) is 6.60. The average Bonchev–Trinajstić information content (AvgIpc) is 3.37. The van der Waals surface area contributed by atoms with E-state index in [1.165, 1.54) is 14.2 Å². The quantitative estimate of drug-likeness (QED) is 0.244. The molecule has 9 heteroatoms. The third-order valence-electron chi connectivity index (χ3n) is 6.60. The van der Waals surface area contributed by atoms with E-state index in [0.29, 0.717) is 42.0 Å². The summed E-state index contributed by atoms with van der Waals surface area (Å²) < 4.78 is 16.6. The number of carbonyl (C=O) groups is 2. The van der Waals surface area contributed by atoms with Crippen LogP contribution in [0.15, 0.2) is 36.9 Å². The fourth-order valence-corrected chi connectivity index (χ4v) is 4.62. The van der Waals surface area contributed by atoms with Crippen molar-refractivity contribution >= 4 is 22.8 Å². The minimum Gasteiger partial charge on any atom is -0.497 e. The number of benzene rings is 1. The molecule has 2 saturated carbocycles. The molecule has 34 heavy (non-hydrogen) atoms. The first-order valence-electron chi connectivity index (χ1n) is 11.3. The number of amides is 1. The summed E-state index contributed by atoms with van der Waals surface area (Å²) in [5.74, 6) is 0.409. The summed E-state index contributed by atoms with van der Waals surface area (Å²) in [6.07, 6.45) is 3.99. The number of nitrogens with zero attached hydrogens (tertiary/aromatic N) is 1. The highest BCUT2D eigenvalue weighted by Crippen LogP contribution is 2.46.